The molecule has 1 aromatic heterocycles. The SMILES string of the molecule is CNCc1sc(CSc2cccc(Br)c2)nc1C(C)(C)C. The second-order valence-corrected chi connectivity index (χ2v) is 9.04. The van der Waals surface area contributed by atoms with Crippen LogP contribution in [-0.2, 0) is 17.7 Å². The minimum atomic E-state index is 0.0986. The van der Waals surface area contributed by atoms with Crippen molar-refractivity contribution in [3.8, 4) is 0 Å². The van der Waals surface area contributed by atoms with Gasteiger partial charge < -0.3 is 5.32 Å². The van der Waals surface area contributed by atoms with E-state index < -0.39 is 0 Å². The average molecular weight is 385 g/mol. The molecule has 0 saturated carbocycles. The standard InChI is InChI=1S/C16H21BrN2S2/c1-16(2,3)15-13(9-18-4)21-14(19-15)10-20-12-7-5-6-11(17)8-12/h5-8,18H,9-10H2,1-4H3. The van der Waals surface area contributed by atoms with E-state index in [1.54, 1.807) is 0 Å². The summed E-state index contributed by atoms with van der Waals surface area (Å²) in [5, 5.41) is 4.45. The predicted molar refractivity (Wildman–Crippen MR) is 97.3 cm³/mol. The molecule has 21 heavy (non-hydrogen) atoms. The van der Waals surface area contributed by atoms with Crippen molar-refractivity contribution in [2.75, 3.05) is 7.05 Å². The molecule has 114 valence electrons. The van der Waals surface area contributed by atoms with Gasteiger partial charge in [-0.15, -0.1) is 23.1 Å². The number of hydrogen-bond acceptors (Lipinski definition) is 4. The predicted octanol–water partition coefficient (Wildman–Crippen LogP) is 5.21. The maximum absolute atomic E-state index is 4.88. The van der Waals surface area contributed by atoms with Crippen LogP contribution in [0.4, 0.5) is 0 Å². The molecular formula is C16H21BrN2S2. The quantitative estimate of drug-likeness (QED) is 0.715. The van der Waals surface area contributed by atoms with Crippen LogP contribution in [0, 0.1) is 0 Å². The highest BCUT2D eigenvalue weighted by Crippen LogP contribution is 2.33. The van der Waals surface area contributed by atoms with E-state index in [9.17, 15) is 0 Å². The normalized spacial score (nSPS) is 11.9. The van der Waals surface area contributed by atoms with Crippen LogP contribution in [0.5, 0.6) is 0 Å². The molecule has 1 N–H and O–H groups in total. The van der Waals surface area contributed by atoms with E-state index in [0.29, 0.717) is 0 Å². The Balaban J connectivity index is 2.13. The number of halogens is 1. The van der Waals surface area contributed by atoms with Crippen LogP contribution in [0.2, 0.25) is 0 Å². The van der Waals surface area contributed by atoms with Crippen molar-refractivity contribution in [1.82, 2.24) is 10.3 Å². The number of aromatic nitrogens is 1. The molecule has 0 aliphatic carbocycles. The smallest absolute Gasteiger partial charge is 0.103 e. The van der Waals surface area contributed by atoms with E-state index in [1.165, 1.54) is 20.5 Å². The molecule has 0 bridgehead atoms. The Morgan fingerprint density at radius 3 is 2.71 bits per heavy atom. The molecule has 0 aliphatic heterocycles. The summed E-state index contributed by atoms with van der Waals surface area (Å²) in [6.45, 7) is 7.58. The number of benzene rings is 1. The highest BCUT2D eigenvalue weighted by Gasteiger charge is 2.22. The first-order valence-electron chi connectivity index (χ1n) is 6.92. The van der Waals surface area contributed by atoms with Crippen molar-refractivity contribution < 1.29 is 0 Å². The Labute approximate surface area is 143 Å². The van der Waals surface area contributed by atoms with Gasteiger partial charge in [0.15, 0.2) is 0 Å². The van der Waals surface area contributed by atoms with E-state index in [2.05, 4.69) is 66.3 Å². The Bertz CT molecular complexity index is 603. The zero-order valence-corrected chi connectivity index (χ0v) is 16.1. The molecule has 0 atom stereocenters. The fourth-order valence-corrected chi connectivity index (χ4v) is 4.82. The lowest BCUT2D eigenvalue weighted by atomic mass is 9.91. The summed E-state index contributed by atoms with van der Waals surface area (Å²) in [5.41, 5.74) is 1.33. The van der Waals surface area contributed by atoms with Crippen molar-refractivity contribution in [3.05, 3.63) is 44.3 Å². The van der Waals surface area contributed by atoms with Gasteiger partial charge in [-0.3, -0.25) is 0 Å². The molecule has 2 aromatic rings. The van der Waals surface area contributed by atoms with E-state index in [-0.39, 0.29) is 5.41 Å². The molecule has 2 nitrogen and oxygen atoms in total. The van der Waals surface area contributed by atoms with Crippen LogP contribution < -0.4 is 5.32 Å². The minimum Gasteiger partial charge on any atom is -0.315 e. The summed E-state index contributed by atoms with van der Waals surface area (Å²) in [6, 6.07) is 8.41. The molecule has 0 aliphatic rings. The second kappa shape index (κ2) is 7.27. The van der Waals surface area contributed by atoms with E-state index >= 15 is 0 Å². The van der Waals surface area contributed by atoms with Gasteiger partial charge in [-0.25, -0.2) is 4.98 Å². The van der Waals surface area contributed by atoms with Crippen LogP contribution >= 0.6 is 39.0 Å². The molecule has 0 fully saturated rings. The van der Waals surface area contributed by atoms with Gasteiger partial charge in [0, 0.05) is 26.2 Å². The zero-order valence-electron chi connectivity index (χ0n) is 12.9. The second-order valence-electron chi connectivity index (χ2n) is 5.91. The highest BCUT2D eigenvalue weighted by molar-refractivity contribution is 9.10. The van der Waals surface area contributed by atoms with Crippen LogP contribution in [0.25, 0.3) is 0 Å². The van der Waals surface area contributed by atoms with Crippen molar-refractivity contribution in [2.24, 2.45) is 0 Å². The van der Waals surface area contributed by atoms with Crippen molar-refractivity contribution in [2.45, 2.75) is 43.4 Å². The van der Waals surface area contributed by atoms with Gasteiger partial charge in [0.05, 0.1) is 11.4 Å². The number of hydrogen-bond donors (Lipinski definition) is 1. The monoisotopic (exact) mass is 384 g/mol. The van der Waals surface area contributed by atoms with Gasteiger partial charge in [0.25, 0.3) is 0 Å². The van der Waals surface area contributed by atoms with E-state index in [4.69, 9.17) is 4.98 Å². The zero-order chi connectivity index (χ0) is 15.5. The third-order valence-corrected chi connectivity index (χ3v) is 5.68. The number of thioether (sulfide) groups is 1. The summed E-state index contributed by atoms with van der Waals surface area (Å²) >= 11 is 7.18. The molecule has 2 rings (SSSR count). The van der Waals surface area contributed by atoms with Crippen LogP contribution in [0.3, 0.4) is 0 Å². The third kappa shape index (κ3) is 4.81. The van der Waals surface area contributed by atoms with Gasteiger partial charge in [-0.2, -0.15) is 0 Å². The minimum absolute atomic E-state index is 0.0986. The van der Waals surface area contributed by atoms with Crippen LogP contribution in [-0.4, -0.2) is 12.0 Å². The fraction of sp³-hybridized carbons (Fsp3) is 0.438. The van der Waals surface area contributed by atoms with Crippen LogP contribution in [0.1, 0.15) is 36.3 Å². The molecule has 0 amide bonds. The molecule has 0 radical (unpaired) electrons. The topological polar surface area (TPSA) is 24.9 Å². The van der Waals surface area contributed by atoms with Crippen molar-refractivity contribution in [1.29, 1.82) is 0 Å². The summed E-state index contributed by atoms with van der Waals surface area (Å²) in [6.07, 6.45) is 0. The van der Waals surface area contributed by atoms with Crippen molar-refractivity contribution in [3.63, 3.8) is 0 Å². The molecule has 0 saturated heterocycles. The first-order valence-corrected chi connectivity index (χ1v) is 9.51. The Hall–Kier alpha value is -0.360. The summed E-state index contributed by atoms with van der Waals surface area (Å²) in [7, 11) is 1.99. The fourth-order valence-electron chi connectivity index (χ4n) is 2.03. The first-order chi connectivity index (χ1) is 9.90. The third-order valence-electron chi connectivity index (χ3n) is 2.95. The summed E-state index contributed by atoms with van der Waals surface area (Å²) in [4.78, 5) is 7.51. The lowest BCUT2D eigenvalue weighted by Gasteiger charge is -2.17. The maximum Gasteiger partial charge on any atom is 0.103 e. The number of nitrogens with one attached hydrogen (secondary N) is 1. The number of nitrogens with zero attached hydrogens (tertiary/aromatic N) is 1. The molecular weight excluding hydrogens is 364 g/mol. The first kappa shape index (κ1) is 17.0. The van der Waals surface area contributed by atoms with Gasteiger partial charge in [-0.05, 0) is 25.2 Å². The highest BCUT2D eigenvalue weighted by atomic mass is 79.9. The summed E-state index contributed by atoms with van der Waals surface area (Å²) in [5.74, 6) is 0.925. The van der Waals surface area contributed by atoms with Crippen LogP contribution in [0.15, 0.2) is 33.6 Å². The number of thiazole rings is 1. The summed E-state index contributed by atoms with van der Waals surface area (Å²) < 4.78 is 1.12. The van der Waals surface area contributed by atoms with Gasteiger partial charge in [-0.1, -0.05) is 42.8 Å². The average Bonchev–Trinajstić information content (AvgIpc) is 2.80. The van der Waals surface area contributed by atoms with Gasteiger partial charge in [0.2, 0.25) is 0 Å². The largest absolute Gasteiger partial charge is 0.315 e. The Kier molecular flexibility index (Phi) is 5.88. The lowest BCUT2D eigenvalue weighted by molar-refractivity contribution is 0.562. The molecule has 0 unspecified atom stereocenters. The number of rotatable bonds is 5. The lowest BCUT2D eigenvalue weighted by Crippen LogP contribution is -2.16. The van der Waals surface area contributed by atoms with Crippen molar-refractivity contribution >= 4 is 39.0 Å². The van der Waals surface area contributed by atoms with Gasteiger partial charge >= 0.3 is 0 Å². The van der Waals surface area contributed by atoms with E-state index in [0.717, 1.165) is 16.8 Å². The Morgan fingerprint density at radius 1 is 1.33 bits per heavy atom. The maximum atomic E-state index is 4.88. The molecule has 1 aromatic carbocycles. The van der Waals surface area contributed by atoms with E-state index in [1.807, 2.05) is 30.1 Å². The molecule has 1 heterocycles. The Morgan fingerprint density at radius 2 is 2.10 bits per heavy atom. The molecule has 0 spiro atoms. The molecule has 5 heteroatoms. The van der Waals surface area contributed by atoms with Gasteiger partial charge in [0.1, 0.15) is 5.01 Å².